The minimum Gasteiger partial charge on any atom is -0.478 e. The Bertz CT molecular complexity index is 254. The zero-order valence-corrected chi connectivity index (χ0v) is 7.86. The van der Waals surface area contributed by atoms with Gasteiger partial charge >= 0.3 is 11.9 Å². The predicted octanol–water partition coefficient (Wildman–Crippen LogP) is 0.373. The molecule has 5 nitrogen and oxygen atoms in total. The molecule has 5 heteroatoms. The van der Waals surface area contributed by atoms with Crippen LogP contribution in [0.15, 0.2) is 24.3 Å². The Hall–Kier alpha value is -1.62. The Morgan fingerprint density at radius 2 is 2.00 bits per heavy atom. The van der Waals surface area contributed by atoms with Gasteiger partial charge in [-0.1, -0.05) is 6.58 Å². The third-order valence-corrected chi connectivity index (χ3v) is 1.21. The lowest BCUT2D eigenvalue weighted by Gasteiger charge is -2.02. The summed E-state index contributed by atoms with van der Waals surface area (Å²) < 4.78 is 9.32. The molecule has 0 bridgehead atoms. The number of carbonyl (C=O) groups is 2. The van der Waals surface area contributed by atoms with E-state index in [2.05, 4.69) is 16.1 Å². The first-order valence-corrected chi connectivity index (χ1v) is 3.84. The lowest BCUT2D eigenvalue weighted by atomic mass is 10.3. The molecule has 1 N–H and O–H groups in total. The topological polar surface area (TPSA) is 72.8 Å². The normalized spacial score (nSPS) is 10.1. The van der Waals surface area contributed by atoms with Gasteiger partial charge in [0.2, 0.25) is 0 Å². The molecule has 0 radical (unpaired) electrons. The van der Waals surface area contributed by atoms with Crippen molar-refractivity contribution in [3.8, 4) is 0 Å². The molecule has 0 amide bonds. The van der Waals surface area contributed by atoms with Crippen molar-refractivity contribution >= 4 is 11.9 Å². The Kier molecular flexibility index (Phi) is 6.06. The number of esters is 1. The summed E-state index contributed by atoms with van der Waals surface area (Å²) in [5.74, 6) is -1.80. The molecule has 0 heterocycles. The molecule has 0 aliphatic heterocycles. The van der Waals surface area contributed by atoms with Gasteiger partial charge in [0.15, 0.2) is 0 Å². The predicted molar refractivity (Wildman–Crippen MR) is 48.8 cm³/mol. The van der Waals surface area contributed by atoms with Crippen LogP contribution in [0.1, 0.15) is 0 Å². The van der Waals surface area contributed by atoms with Crippen molar-refractivity contribution in [3.63, 3.8) is 0 Å². The maximum absolute atomic E-state index is 11.0. The summed E-state index contributed by atoms with van der Waals surface area (Å²) in [6.07, 6.45) is 1.90. The van der Waals surface area contributed by atoms with Gasteiger partial charge in [0.1, 0.15) is 6.61 Å². The van der Waals surface area contributed by atoms with E-state index in [1.165, 1.54) is 7.11 Å². The molecule has 0 aromatic heterocycles. The van der Waals surface area contributed by atoms with E-state index in [1.807, 2.05) is 0 Å². The first kappa shape index (κ1) is 12.4. The summed E-state index contributed by atoms with van der Waals surface area (Å²) >= 11 is 0. The van der Waals surface area contributed by atoms with Crippen LogP contribution in [0.4, 0.5) is 0 Å². The lowest BCUT2D eigenvalue weighted by molar-refractivity contribution is -0.139. The molecule has 0 atom stereocenters. The Morgan fingerprint density at radius 3 is 2.50 bits per heavy atom. The molecular weight excluding hydrogens is 188 g/mol. The van der Waals surface area contributed by atoms with E-state index < -0.39 is 11.9 Å². The van der Waals surface area contributed by atoms with E-state index in [-0.39, 0.29) is 12.2 Å². The fourth-order valence-corrected chi connectivity index (χ4v) is 0.550. The SMILES string of the molecule is C=C(C=CC(=O)O)C(=O)OCCOC. The van der Waals surface area contributed by atoms with Crippen LogP contribution in [0.25, 0.3) is 0 Å². The summed E-state index contributed by atoms with van der Waals surface area (Å²) in [5, 5.41) is 8.26. The molecule has 0 saturated heterocycles. The van der Waals surface area contributed by atoms with Crippen molar-refractivity contribution in [2.24, 2.45) is 0 Å². The minimum atomic E-state index is -1.14. The van der Waals surface area contributed by atoms with Gasteiger partial charge in [0, 0.05) is 13.2 Å². The summed E-state index contributed by atoms with van der Waals surface area (Å²) in [4.78, 5) is 21.1. The number of hydrogen-bond donors (Lipinski definition) is 1. The second kappa shape index (κ2) is 6.85. The second-order valence-electron chi connectivity index (χ2n) is 2.33. The number of carboxylic acids is 1. The zero-order valence-electron chi connectivity index (χ0n) is 7.86. The van der Waals surface area contributed by atoms with Gasteiger partial charge in [0.25, 0.3) is 0 Å². The van der Waals surface area contributed by atoms with Gasteiger partial charge in [-0.15, -0.1) is 0 Å². The first-order chi connectivity index (χ1) is 6.57. The highest BCUT2D eigenvalue weighted by Crippen LogP contribution is 1.96. The average Bonchev–Trinajstić information content (AvgIpc) is 2.14. The van der Waals surface area contributed by atoms with Crippen LogP contribution in [-0.4, -0.2) is 37.4 Å². The molecule has 0 aromatic carbocycles. The summed E-state index contributed by atoms with van der Waals surface area (Å²) in [7, 11) is 1.48. The molecule has 78 valence electrons. The smallest absolute Gasteiger partial charge is 0.337 e. The molecule has 0 unspecified atom stereocenters. The van der Waals surface area contributed by atoms with E-state index in [0.717, 1.165) is 12.2 Å². The van der Waals surface area contributed by atoms with Crippen molar-refractivity contribution < 1.29 is 24.2 Å². The Morgan fingerprint density at radius 1 is 1.36 bits per heavy atom. The van der Waals surface area contributed by atoms with Gasteiger partial charge in [-0.25, -0.2) is 9.59 Å². The van der Waals surface area contributed by atoms with E-state index in [4.69, 9.17) is 5.11 Å². The average molecular weight is 200 g/mol. The van der Waals surface area contributed by atoms with Gasteiger partial charge in [0.05, 0.1) is 12.2 Å². The lowest BCUT2D eigenvalue weighted by Crippen LogP contribution is -2.10. The third kappa shape index (κ3) is 5.96. The number of carboxylic acid groups (broad SMARTS) is 1. The Balaban J connectivity index is 3.88. The summed E-state index contributed by atoms with van der Waals surface area (Å²) in [5.41, 5.74) is -0.0106. The summed E-state index contributed by atoms with van der Waals surface area (Å²) in [6, 6.07) is 0. The summed E-state index contributed by atoms with van der Waals surface area (Å²) in [6.45, 7) is 3.75. The van der Waals surface area contributed by atoms with Crippen LogP contribution in [0.2, 0.25) is 0 Å². The van der Waals surface area contributed by atoms with Gasteiger partial charge in [-0.3, -0.25) is 0 Å². The standard InChI is InChI=1S/C9H12O5/c1-7(3-4-8(10)11)9(12)14-6-5-13-2/h3-4H,1,5-6H2,2H3,(H,10,11). The molecule has 0 saturated carbocycles. The fourth-order valence-electron chi connectivity index (χ4n) is 0.550. The number of hydrogen-bond acceptors (Lipinski definition) is 4. The van der Waals surface area contributed by atoms with E-state index in [1.54, 1.807) is 0 Å². The molecular formula is C9H12O5. The number of carbonyl (C=O) groups excluding carboxylic acids is 1. The first-order valence-electron chi connectivity index (χ1n) is 3.84. The van der Waals surface area contributed by atoms with Crippen LogP contribution < -0.4 is 0 Å². The zero-order chi connectivity index (χ0) is 11.0. The highest BCUT2D eigenvalue weighted by Gasteiger charge is 2.04. The Labute approximate surface area is 81.6 Å². The number of rotatable bonds is 6. The van der Waals surface area contributed by atoms with Crippen LogP contribution >= 0.6 is 0 Å². The fraction of sp³-hybridized carbons (Fsp3) is 0.333. The highest BCUT2D eigenvalue weighted by atomic mass is 16.6. The maximum Gasteiger partial charge on any atom is 0.337 e. The number of ether oxygens (including phenoxy) is 2. The van der Waals surface area contributed by atoms with Gasteiger partial charge < -0.3 is 14.6 Å². The van der Waals surface area contributed by atoms with Crippen LogP contribution in [0, 0.1) is 0 Å². The maximum atomic E-state index is 11.0. The minimum absolute atomic E-state index is 0.0106. The molecule has 0 rings (SSSR count). The van der Waals surface area contributed by atoms with Crippen molar-refractivity contribution in [2.45, 2.75) is 0 Å². The third-order valence-electron chi connectivity index (χ3n) is 1.21. The largest absolute Gasteiger partial charge is 0.478 e. The molecule has 14 heavy (non-hydrogen) atoms. The van der Waals surface area contributed by atoms with Crippen LogP contribution in [0.5, 0.6) is 0 Å². The monoisotopic (exact) mass is 200 g/mol. The molecule has 0 fully saturated rings. The quantitative estimate of drug-likeness (QED) is 0.290. The van der Waals surface area contributed by atoms with Crippen LogP contribution in [-0.2, 0) is 19.1 Å². The van der Waals surface area contributed by atoms with E-state index in [0.29, 0.717) is 6.61 Å². The van der Waals surface area contributed by atoms with Crippen molar-refractivity contribution in [2.75, 3.05) is 20.3 Å². The van der Waals surface area contributed by atoms with Gasteiger partial charge in [-0.05, 0) is 6.08 Å². The van der Waals surface area contributed by atoms with Crippen molar-refractivity contribution in [3.05, 3.63) is 24.3 Å². The number of aliphatic carboxylic acids is 1. The van der Waals surface area contributed by atoms with Gasteiger partial charge in [-0.2, -0.15) is 0 Å². The molecule has 0 aromatic rings. The highest BCUT2D eigenvalue weighted by molar-refractivity contribution is 5.93. The van der Waals surface area contributed by atoms with Crippen molar-refractivity contribution in [1.82, 2.24) is 0 Å². The second-order valence-corrected chi connectivity index (χ2v) is 2.33. The molecule has 0 aliphatic rings. The molecule has 0 aliphatic carbocycles. The molecule has 0 spiro atoms. The van der Waals surface area contributed by atoms with E-state index in [9.17, 15) is 9.59 Å². The van der Waals surface area contributed by atoms with Crippen molar-refractivity contribution in [1.29, 1.82) is 0 Å². The van der Waals surface area contributed by atoms with E-state index >= 15 is 0 Å². The number of methoxy groups -OCH3 is 1. The van der Waals surface area contributed by atoms with Crippen LogP contribution in [0.3, 0.4) is 0 Å².